The van der Waals surface area contributed by atoms with Crippen LogP contribution in [0.5, 0.6) is 0 Å². The van der Waals surface area contributed by atoms with Crippen LogP contribution in [0.1, 0.15) is 6.42 Å². The zero-order valence-electron chi connectivity index (χ0n) is 10.6. The molecule has 2 rings (SSSR count). The lowest BCUT2D eigenvalue weighted by atomic mass is 10.4. The van der Waals surface area contributed by atoms with Crippen molar-refractivity contribution in [3.8, 4) is 5.95 Å². The number of halogens is 1. The van der Waals surface area contributed by atoms with Crippen molar-refractivity contribution in [3.05, 3.63) is 17.9 Å². The first-order chi connectivity index (χ1) is 9.79. The van der Waals surface area contributed by atoms with Gasteiger partial charge in [0.05, 0.1) is 13.2 Å². The molecule has 0 radical (unpaired) electrons. The van der Waals surface area contributed by atoms with E-state index < -0.39 is 0 Å². The Morgan fingerprint density at radius 3 is 2.95 bits per heavy atom. The SMILES string of the molecule is OCCOCCCNc1nc(Cl)nc(-n2cncn2)n1. The summed E-state index contributed by atoms with van der Waals surface area (Å²) >= 11 is 5.83. The first-order valence-electron chi connectivity index (χ1n) is 5.98. The van der Waals surface area contributed by atoms with Crippen LogP contribution in [0.3, 0.4) is 0 Å². The Bertz CT molecular complexity index is 522. The van der Waals surface area contributed by atoms with E-state index in [1.54, 1.807) is 0 Å². The van der Waals surface area contributed by atoms with Gasteiger partial charge in [-0.15, -0.1) is 0 Å². The molecule has 0 aliphatic rings. The maximum absolute atomic E-state index is 8.56. The molecule has 2 heterocycles. The van der Waals surface area contributed by atoms with Gasteiger partial charge in [-0.1, -0.05) is 0 Å². The van der Waals surface area contributed by atoms with Crippen molar-refractivity contribution in [3.63, 3.8) is 0 Å². The Labute approximate surface area is 120 Å². The zero-order chi connectivity index (χ0) is 14.2. The fraction of sp³-hybridized carbons (Fsp3) is 0.500. The van der Waals surface area contributed by atoms with Gasteiger partial charge >= 0.3 is 0 Å². The molecule has 9 nitrogen and oxygen atoms in total. The molecule has 0 spiro atoms. The van der Waals surface area contributed by atoms with Gasteiger partial charge in [0.25, 0.3) is 5.95 Å². The number of aliphatic hydroxyl groups is 1. The van der Waals surface area contributed by atoms with E-state index in [1.807, 2.05) is 0 Å². The Morgan fingerprint density at radius 2 is 2.20 bits per heavy atom. The Kier molecular flexibility index (Phi) is 5.59. The number of nitrogens with one attached hydrogen (secondary N) is 1. The highest BCUT2D eigenvalue weighted by Gasteiger charge is 2.06. The van der Waals surface area contributed by atoms with Gasteiger partial charge in [-0.25, -0.2) is 4.98 Å². The van der Waals surface area contributed by atoms with Crippen LogP contribution in [0.2, 0.25) is 5.28 Å². The quantitative estimate of drug-likeness (QED) is 0.651. The predicted octanol–water partition coefficient (Wildman–Crippen LogP) is -0.0834. The molecule has 2 aromatic heterocycles. The van der Waals surface area contributed by atoms with Crippen molar-refractivity contribution >= 4 is 17.5 Å². The molecule has 0 aliphatic heterocycles. The summed E-state index contributed by atoms with van der Waals surface area (Å²) in [5.41, 5.74) is 0. The third-order valence-corrected chi connectivity index (χ3v) is 2.37. The van der Waals surface area contributed by atoms with Gasteiger partial charge in [0, 0.05) is 13.2 Å². The summed E-state index contributed by atoms with van der Waals surface area (Å²) in [5, 5.41) is 15.6. The maximum atomic E-state index is 8.56. The number of ether oxygens (including phenoxy) is 1. The molecule has 0 amide bonds. The summed E-state index contributed by atoms with van der Waals surface area (Å²) in [4.78, 5) is 15.9. The molecule has 0 saturated heterocycles. The Balaban J connectivity index is 1.88. The monoisotopic (exact) mass is 299 g/mol. The predicted molar refractivity (Wildman–Crippen MR) is 70.8 cm³/mol. The van der Waals surface area contributed by atoms with Crippen molar-refractivity contribution < 1.29 is 9.84 Å². The van der Waals surface area contributed by atoms with Crippen LogP contribution >= 0.6 is 11.6 Å². The summed E-state index contributed by atoms with van der Waals surface area (Å²) in [6.45, 7) is 1.52. The minimum atomic E-state index is 0.0256. The molecule has 20 heavy (non-hydrogen) atoms. The van der Waals surface area contributed by atoms with Crippen molar-refractivity contribution in [1.29, 1.82) is 0 Å². The van der Waals surface area contributed by atoms with Crippen LogP contribution < -0.4 is 5.32 Å². The lowest BCUT2D eigenvalue weighted by Gasteiger charge is -2.06. The molecule has 108 valence electrons. The number of hydrogen-bond acceptors (Lipinski definition) is 8. The van der Waals surface area contributed by atoms with Crippen molar-refractivity contribution in [2.24, 2.45) is 0 Å². The molecule has 2 aromatic rings. The van der Waals surface area contributed by atoms with Gasteiger partial charge < -0.3 is 15.2 Å². The molecule has 2 N–H and O–H groups in total. The highest BCUT2D eigenvalue weighted by Crippen LogP contribution is 2.08. The standard InChI is InChI=1S/C10H14ClN7O2/c11-8-15-9(13-2-1-4-20-5-3-19)17-10(16-8)18-7-12-6-14-18/h6-7,19H,1-5H2,(H,13,15,16,17). The van der Waals surface area contributed by atoms with Gasteiger partial charge in [-0.05, 0) is 18.0 Å². The van der Waals surface area contributed by atoms with E-state index in [1.165, 1.54) is 17.3 Å². The lowest BCUT2D eigenvalue weighted by Crippen LogP contribution is -2.12. The van der Waals surface area contributed by atoms with E-state index in [2.05, 4.69) is 30.4 Å². The lowest BCUT2D eigenvalue weighted by molar-refractivity contribution is 0.0921. The second-order valence-corrected chi connectivity index (χ2v) is 4.02. The van der Waals surface area contributed by atoms with Crippen molar-refractivity contribution in [2.75, 3.05) is 31.7 Å². The van der Waals surface area contributed by atoms with Gasteiger partial charge in [0.15, 0.2) is 0 Å². The second kappa shape index (κ2) is 7.68. The third-order valence-electron chi connectivity index (χ3n) is 2.20. The molecule has 0 fully saturated rings. The largest absolute Gasteiger partial charge is 0.394 e. The molecule has 0 aromatic carbocycles. The number of aromatic nitrogens is 6. The van der Waals surface area contributed by atoms with Gasteiger partial charge in [0.1, 0.15) is 12.7 Å². The van der Waals surface area contributed by atoms with Crippen LogP contribution in [0.15, 0.2) is 12.7 Å². The van der Waals surface area contributed by atoms with Crippen LogP contribution in [-0.4, -0.2) is 61.2 Å². The average Bonchev–Trinajstić information content (AvgIpc) is 2.96. The molecule has 0 aliphatic carbocycles. The summed E-state index contributed by atoms with van der Waals surface area (Å²) in [5.74, 6) is 0.652. The number of rotatable bonds is 8. The van der Waals surface area contributed by atoms with Crippen molar-refractivity contribution in [1.82, 2.24) is 29.7 Å². The fourth-order valence-electron chi connectivity index (χ4n) is 1.37. The first-order valence-corrected chi connectivity index (χ1v) is 6.36. The smallest absolute Gasteiger partial charge is 0.258 e. The van der Waals surface area contributed by atoms with E-state index in [9.17, 15) is 0 Å². The topological polar surface area (TPSA) is 111 Å². The normalized spacial score (nSPS) is 10.7. The zero-order valence-corrected chi connectivity index (χ0v) is 11.4. The highest BCUT2D eigenvalue weighted by atomic mass is 35.5. The third kappa shape index (κ3) is 4.37. The highest BCUT2D eigenvalue weighted by molar-refractivity contribution is 6.28. The first kappa shape index (κ1) is 14.6. The van der Waals surface area contributed by atoms with E-state index >= 15 is 0 Å². The van der Waals surface area contributed by atoms with Gasteiger partial charge in [-0.3, -0.25) is 0 Å². The molecular weight excluding hydrogens is 286 g/mol. The van der Waals surface area contributed by atoms with E-state index in [0.717, 1.165) is 6.42 Å². The Morgan fingerprint density at radius 1 is 1.30 bits per heavy atom. The van der Waals surface area contributed by atoms with Crippen molar-refractivity contribution in [2.45, 2.75) is 6.42 Å². The number of nitrogens with zero attached hydrogens (tertiary/aromatic N) is 6. The molecule has 0 saturated carbocycles. The average molecular weight is 300 g/mol. The van der Waals surface area contributed by atoms with Gasteiger partial charge in [0.2, 0.25) is 11.2 Å². The summed E-state index contributed by atoms with van der Waals surface area (Å²) < 4.78 is 6.53. The maximum Gasteiger partial charge on any atom is 0.258 e. The summed E-state index contributed by atoms with van der Waals surface area (Å²) in [6, 6.07) is 0. The van der Waals surface area contributed by atoms with Crippen LogP contribution in [0, 0.1) is 0 Å². The number of hydrogen-bond donors (Lipinski definition) is 2. The fourth-order valence-corrected chi connectivity index (χ4v) is 1.53. The summed E-state index contributed by atoms with van der Waals surface area (Å²) in [6.07, 6.45) is 3.60. The second-order valence-electron chi connectivity index (χ2n) is 3.68. The van der Waals surface area contributed by atoms with E-state index in [4.69, 9.17) is 21.4 Å². The molecular formula is C10H14ClN7O2. The molecule has 0 atom stereocenters. The van der Waals surface area contributed by atoms with E-state index in [0.29, 0.717) is 31.7 Å². The number of aliphatic hydroxyl groups excluding tert-OH is 1. The Hall–Kier alpha value is -1.84. The minimum absolute atomic E-state index is 0.0256. The molecule has 10 heteroatoms. The van der Waals surface area contributed by atoms with Crippen LogP contribution in [0.25, 0.3) is 5.95 Å². The van der Waals surface area contributed by atoms with Crippen LogP contribution in [-0.2, 0) is 4.74 Å². The van der Waals surface area contributed by atoms with Crippen LogP contribution in [0.4, 0.5) is 5.95 Å². The molecule has 0 bridgehead atoms. The summed E-state index contributed by atoms with van der Waals surface area (Å²) in [7, 11) is 0. The number of anilines is 1. The minimum Gasteiger partial charge on any atom is -0.394 e. The van der Waals surface area contributed by atoms with Gasteiger partial charge in [-0.2, -0.15) is 24.7 Å². The van der Waals surface area contributed by atoms with E-state index in [-0.39, 0.29) is 11.9 Å². The molecule has 0 unspecified atom stereocenters.